The van der Waals surface area contributed by atoms with Crippen LogP contribution in [0.2, 0.25) is 0 Å². The zero-order valence-corrected chi connectivity index (χ0v) is 12.0. The van der Waals surface area contributed by atoms with E-state index < -0.39 is 9.84 Å². The first-order chi connectivity index (χ1) is 8.54. The molecular weight excluding hydrogens is 270 g/mol. The van der Waals surface area contributed by atoms with E-state index in [-0.39, 0.29) is 0 Å². The van der Waals surface area contributed by atoms with E-state index >= 15 is 0 Å². The van der Waals surface area contributed by atoms with E-state index in [1.807, 2.05) is 12.1 Å². The number of para-hydroxylation sites is 1. The lowest BCUT2D eigenvalue weighted by molar-refractivity contribution is 0.389. The van der Waals surface area contributed by atoms with Crippen LogP contribution >= 0.6 is 11.6 Å². The molecule has 18 heavy (non-hydrogen) atoms. The normalized spacial score (nSPS) is 16.3. The molecule has 0 bridgehead atoms. The third-order valence-corrected chi connectivity index (χ3v) is 4.73. The first kappa shape index (κ1) is 13.7. The number of hydrogen-bond acceptors (Lipinski definition) is 3. The van der Waals surface area contributed by atoms with Gasteiger partial charge < -0.3 is 4.90 Å². The minimum atomic E-state index is -3.20. The number of nitrogens with zero attached hydrogens (tertiary/aromatic N) is 1. The molecule has 0 amide bonds. The van der Waals surface area contributed by atoms with Gasteiger partial charge in [-0.3, -0.25) is 0 Å². The van der Waals surface area contributed by atoms with Crippen LogP contribution in [-0.4, -0.2) is 33.1 Å². The molecule has 1 saturated carbocycles. The van der Waals surface area contributed by atoms with Crippen molar-refractivity contribution in [3.63, 3.8) is 0 Å². The summed E-state index contributed by atoms with van der Waals surface area (Å²) in [6.45, 7) is 0.693. The highest BCUT2D eigenvalue weighted by molar-refractivity contribution is 7.90. The van der Waals surface area contributed by atoms with Crippen molar-refractivity contribution in [3.05, 3.63) is 24.3 Å². The minimum Gasteiger partial charge on any atom is -0.366 e. The molecule has 0 unspecified atom stereocenters. The summed E-state index contributed by atoms with van der Waals surface area (Å²) >= 11 is 5.85. The Hall–Kier alpha value is -0.740. The van der Waals surface area contributed by atoms with Crippen LogP contribution in [0.5, 0.6) is 0 Å². The van der Waals surface area contributed by atoms with Gasteiger partial charge in [0.2, 0.25) is 0 Å². The van der Waals surface area contributed by atoms with Crippen molar-refractivity contribution in [2.24, 2.45) is 0 Å². The highest BCUT2D eigenvalue weighted by Gasteiger charge is 2.27. The Kier molecular flexibility index (Phi) is 4.17. The third kappa shape index (κ3) is 2.81. The number of alkyl halides is 1. The number of hydrogen-bond donors (Lipinski definition) is 0. The first-order valence-electron chi connectivity index (χ1n) is 6.15. The van der Waals surface area contributed by atoms with Crippen molar-refractivity contribution < 1.29 is 8.42 Å². The van der Waals surface area contributed by atoms with Crippen molar-refractivity contribution in [1.82, 2.24) is 0 Å². The average molecular weight is 288 g/mol. The van der Waals surface area contributed by atoms with E-state index in [9.17, 15) is 8.42 Å². The van der Waals surface area contributed by atoms with Crippen LogP contribution < -0.4 is 4.90 Å². The number of rotatable bonds is 5. The van der Waals surface area contributed by atoms with Crippen LogP contribution in [-0.2, 0) is 9.84 Å². The summed E-state index contributed by atoms with van der Waals surface area (Å²) in [5.74, 6) is 0.509. The predicted molar refractivity (Wildman–Crippen MR) is 75.3 cm³/mol. The monoisotopic (exact) mass is 287 g/mol. The second-order valence-corrected chi connectivity index (χ2v) is 7.07. The van der Waals surface area contributed by atoms with Crippen LogP contribution in [0.4, 0.5) is 5.69 Å². The molecule has 0 atom stereocenters. The van der Waals surface area contributed by atoms with E-state index in [0.29, 0.717) is 23.4 Å². The largest absolute Gasteiger partial charge is 0.366 e. The minimum absolute atomic E-state index is 0.405. The van der Waals surface area contributed by atoms with Crippen LogP contribution in [0.3, 0.4) is 0 Å². The van der Waals surface area contributed by atoms with Gasteiger partial charge in [0, 0.05) is 24.7 Å². The summed E-state index contributed by atoms with van der Waals surface area (Å²) in [5.41, 5.74) is 0.797. The molecule has 1 aliphatic rings. The molecule has 1 aromatic rings. The Morgan fingerprint density at radius 2 is 2.00 bits per heavy atom. The molecule has 0 spiro atoms. The van der Waals surface area contributed by atoms with Gasteiger partial charge in [-0.25, -0.2) is 8.42 Å². The van der Waals surface area contributed by atoms with Gasteiger partial charge in [-0.15, -0.1) is 11.6 Å². The van der Waals surface area contributed by atoms with Gasteiger partial charge in [0.15, 0.2) is 9.84 Å². The van der Waals surface area contributed by atoms with Crippen molar-refractivity contribution >= 4 is 27.1 Å². The second-order valence-electron chi connectivity index (χ2n) is 4.71. The highest BCUT2D eigenvalue weighted by atomic mass is 35.5. The lowest BCUT2D eigenvalue weighted by Gasteiger charge is -2.39. The van der Waals surface area contributed by atoms with Gasteiger partial charge in [-0.1, -0.05) is 12.1 Å². The van der Waals surface area contributed by atoms with Gasteiger partial charge in [-0.05, 0) is 31.4 Å². The summed E-state index contributed by atoms with van der Waals surface area (Å²) in [6, 6.07) is 7.63. The van der Waals surface area contributed by atoms with Gasteiger partial charge in [-0.2, -0.15) is 0 Å². The van der Waals surface area contributed by atoms with E-state index in [0.717, 1.165) is 18.5 Å². The topological polar surface area (TPSA) is 37.4 Å². The lowest BCUT2D eigenvalue weighted by Crippen LogP contribution is -2.42. The summed E-state index contributed by atoms with van der Waals surface area (Å²) in [6.07, 6.45) is 4.71. The number of halogens is 1. The van der Waals surface area contributed by atoms with E-state index in [1.54, 1.807) is 12.1 Å². The van der Waals surface area contributed by atoms with Gasteiger partial charge in [0.25, 0.3) is 0 Å². The molecular formula is C13H18ClNO2S. The smallest absolute Gasteiger partial charge is 0.177 e. The fraction of sp³-hybridized carbons (Fsp3) is 0.538. The van der Waals surface area contributed by atoms with Crippen LogP contribution in [0, 0.1) is 0 Å². The molecule has 1 fully saturated rings. The molecule has 3 nitrogen and oxygen atoms in total. The number of anilines is 1. The SMILES string of the molecule is CS(=O)(=O)c1ccccc1N(CCCl)C1CCC1. The molecule has 0 radical (unpaired) electrons. The Bertz CT molecular complexity index is 511. The second kappa shape index (κ2) is 5.49. The van der Waals surface area contributed by atoms with Gasteiger partial charge in [0.1, 0.15) is 0 Å². The Labute approximate surface area is 114 Å². The first-order valence-corrected chi connectivity index (χ1v) is 8.58. The molecule has 0 heterocycles. The molecule has 0 aliphatic heterocycles. The number of sulfone groups is 1. The van der Waals surface area contributed by atoms with Gasteiger partial charge >= 0.3 is 0 Å². The molecule has 0 N–H and O–H groups in total. The molecule has 1 aromatic carbocycles. The molecule has 5 heteroatoms. The Balaban J connectivity index is 2.40. The van der Waals surface area contributed by atoms with Crippen molar-refractivity contribution in [2.45, 2.75) is 30.2 Å². The Morgan fingerprint density at radius 1 is 1.33 bits per heavy atom. The van der Waals surface area contributed by atoms with Gasteiger partial charge in [0.05, 0.1) is 10.6 Å². The zero-order valence-electron chi connectivity index (χ0n) is 10.5. The Morgan fingerprint density at radius 3 is 2.50 bits per heavy atom. The molecule has 1 aliphatic carbocycles. The fourth-order valence-electron chi connectivity index (χ4n) is 2.30. The third-order valence-electron chi connectivity index (χ3n) is 3.42. The highest BCUT2D eigenvalue weighted by Crippen LogP contribution is 2.33. The van der Waals surface area contributed by atoms with Crippen molar-refractivity contribution in [1.29, 1.82) is 0 Å². The molecule has 0 aromatic heterocycles. The zero-order chi connectivity index (χ0) is 13.2. The molecule has 100 valence electrons. The van der Waals surface area contributed by atoms with Crippen LogP contribution in [0.15, 0.2) is 29.2 Å². The maximum Gasteiger partial charge on any atom is 0.177 e. The number of benzene rings is 1. The quantitative estimate of drug-likeness (QED) is 0.782. The summed E-state index contributed by atoms with van der Waals surface area (Å²) in [4.78, 5) is 2.55. The molecule has 0 saturated heterocycles. The van der Waals surface area contributed by atoms with E-state index in [4.69, 9.17) is 11.6 Å². The molecule has 2 rings (SSSR count). The van der Waals surface area contributed by atoms with Crippen molar-refractivity contribution in [2.75, 3.05) is 23.6 Å². The summed E-state index contributed by atoms with van der Waals surface area (Å²) in [7, 11) is -3.20. The standard InChI is InChI=1S/C13H18ClNO2S/c1-18(16,17)13-8-3-2-7-12(13)15(10-9-14)11-5-4-6-11/h2-3,7-8,11H,4-6,9-10H2,1H3. The summed E-state index contributed by atoms with van der Waals surface area (Å²) in [5, 5.41) is 0. The lowest BCUT2D eigenvalue weighted by atomic mass is 9.91. The fourth-order valence-corrected chi connectivity index (χ4v) is 3.37. The predicted octanol–water partition coefficient (Wildman–Crippen LogP) is 2.69. The summed E-state index contributed by atoms with van der Waals surface area (Å²) < 4.78 is 23.7. The van der Waals surface area contributed by atoms with Crippen LogP contribution in [0.1, 0.15) is 19.3 Å². The average Bonchev–Trinajstić information content (AvgIpc) is 2.25. The van der Waals surface area contributed by atoms with Crippen LogP contribution in [0.25, 0.3) is 0 Å². The maximum atomic E-state index is 11.8. The van der Waals surface area contributed by atoms with E-state index in [2.05, 4.69) is 4.90 Å². The maximum absolute atomic E-state index is 11.8. The van der Waals surface area contributed by atoms with E-state index in [1.165, 1.54) is 12.7 Å². The van der Waals surface area contributed by atoms with Crippen molar-refractivity contribution in [3.8, 4) is 0 Å².